The molecule has 0 amide bonds. The van der Waals surface area contributed by atoms with E-state index in [0.717, 1.165) is 16.8 Å². The molecule has 106 valence electrons. The van der Waals surface area contributed by atoms with Gasteiger partial charge in [0, 0.05) is 11.8 Å². The van der Waals surface area contributed by atoms with Crippen molar-refractivity contribution >= 4 is 0 Å². The molecular weight excluding hydrogens is 269 g/mol. The summed E-state index contributed by atoms with van der Waals surface area (Å²) in [4.78, 5) is 12.2. The Morgan fingerprint density at radius 3 is 2.20 bits per heavy atom. The highest BCUT2D eigenvalue weighted by molar-refractivity contribution is 5.35. The summed E-state index contributed by atoms with van der Waals surface area (Å²) >= 11 is 0. The first-order chi connectivity index (χ1) is 9.30. The summed E-state index contributed by atoms with van der Waals surface area (Å²) in [5, 5.41) is 3.91. The van der Waals surface area contributed by atoms with Crippen molar-refractivity contribution in [2.45, 2.75) is 25.9 Å². The molecule has 2 aromatic rings. The molecule has 0 atom stereocenters. The van der Waals surface area contributed by atoms with E-state index in [2.05, 4.69) is 5.10 Å². The van der Waals surface area contributed by atoms with E-state index in [4.69, 9.17) is 0 Å². The molecule has 0 N–H and O–H groups in total. The number of hydrogen-bond donors (Lipinski definition) is 0. The average molecular weight is 282 g/mol. The van der Waals surface area contributed by atoms with E-state index in [9.17, 15) is 18.0 Å². The number of aromatic nitrogens is 2. The van der Waals surface area contributed by atoms with Gasteiger partial charge >= 0.3 is 6.18 Å². The average Bonchev–Trinajstić information content (AvgIpc) is 2.38. The Labute approximate surface area is 113 Å². The zero-order valence-electron chi connectivity index (χ0n) is 11.0. The van der Waals surface area contributed by atoms with Crippen LogP contribution in [-0.2, 0) is 6.18 Å². The maximum Gasteiger partial charge on any atom is 0.416 e. The largest absolute Gasteiger partial charge is 0.416 e. The number of rotatable bonds is 2. The quantitative estimate of drug-likeness (QED) is 0.846. The van der Waals surface area contributed by atoms with Crippen molar-refractivity contribution in [3.05, 3.63) is 58.0 Å². The summed E-state index contributed by atoms with van der Waals surface area (Å²) in [5.74, 6) is 0.0196. The Morgan fingerprint density at radius 1 is 1.10 bits per heavy atom. The second kappa shape index (κ2) is 5.11. The minimum Gasteiger partial charge on any atom is -0.267 e. The Kier molecular flexibility index (Phi) is 3.65. The van der Waals surface area contributed by atoms with Crippen molar-refractivity contribution in [1.29, 1.82) is 0 Å². The topological polar surface area (TPSA) is 34.9 Å². The van der Waals surface area contributed by atoms with Crippen molar-refractivity contribution in [3.8, 4) is 5.69 Å². The molecule has 0 saturated heterocycles. The van der Waals surface area contributed by atoms with E-state index < -0.39 is 11.7 Å². The van der Waals surface area contributed by atoms with Crippen LogP contribution in [0.4, 0.5) is 13.2 Å². The molecule has 2 rings (SSSR count). The van der Waals surface area contributed by atoms with Gasteiger partial charge in [0.25, 0.3) is 5.56 Å². The van der Waals surface area contributed by atoms with E-state index in [1.54, 1.807) is 6.07 Å². The van der Waals surface area contributed by atoms with Gasteiger partial charge in [0.15, 0.2) is 0 Å². The molecule has 1 aromatic carbocycles. The fourth-order valence-electron chi connectivity index (χ4n) is 1.84. The SMILES string of the molecule is CC(C)c1ccnn(-c2ccc(C(F)(F)F)cc2)c1=O. The Balaban J connectivity index is 2.48. The zero-order valence-corrected chi connectivity index (χ0v) is 11.0. The second-order valence-corrected chi connectivity index (χ2v) is 4.70. The van der Waals surface area contributed by atoms with Gasteiger partial charge in [-0.05, 0) is 36.2 Å². The lowest BCUT2D eigenvalue weighted by Crippen LogP contribution is -2.25. The maximum atomic E-state index is 12.5. The summed E-state index contributed by atoms with van der Waals surface area (Å²) in [5.41, 5.74) is -0.193. The summed E-state index contributed by atoms with van der Waals surface area (Å²) in [6.45, 7) is 3.74. The van der Waals surface area contributed by atoms with Gasteiger partial charge < -0.3 is 0 Å². The first-order valence-electron chi connectivity index (χ1n) is 6.06. The van der Waals surface area contributed by atoms with Gasteiger partial charge in [0.2, 0.25) is 0 Å². The molecular formula is C14H13F3N2O. The molecule has 0 saturated carbocycles. The van der Waals surface area contributed by atoms with Gasteiger partial charge in [-0.1, -0.05) is 13.8 Å². The van der Waals surface area contributed by atoms with Crippen LogP contribution < -0.4 is 5.56 Å². The third-order valence-corrected chi connectivity index (χ3v) is 2.94. The molecule has 0 spiro atoms. The second-order valence-electron chi connectivity index (χ2n) is 4.70. The van der Waals surface area contributed by atoms with Gasteiger partial charge in [0.1, 0.15) is 0 Å². The summed E-state index contributed by atoms with van der Waals surface area (Å²) in [6.07, 6.45) is -2.93. The minimum atomic E-state index is -4.39. The van der Waals surface area contributed by atoms with Crippen molar-refractivity contribution in [2.24, 2.45) is 0 Å². The van der Waals surface area contributed by atoms with Gasteiger partial charge in [-0.15, -0.1) is 0 Å². The molecule has 0 fully saturated rings. The molecule has 0 aliphatic heterocycles. The molecule has 0 aliphatic rings. The van der Waals surface area contributed by atoms with Crippen LogP contribution in [-0.4, -0.2) is 9.78 Å². The molecule has 6 heteroatoms. The number of halogens is 3. The summed E-state index contributed by atoms with van der Waals surface area (Å²) < 4.78 is 38.6. The number of nitrogens with zero attached hydrogens (tertiary/aromatic N) is 2. The fourth-order valence-corrected chi connectivity index (χ4v) is 1.84. The number of alkyl halides is 3. The van der Waals surface area contributed by atoms with Crippen LogP contribution >= 0.6 is 0 Å². The molecule has 1 aromatic heterocycles. The van der Waals surface area contributed by atoms with E-state index in [-0.39, 0.29) is 11.5 Å². The van der Waals surface area contributed by atoms with Crippen LogP contribution in [0.25, 0.3) is 5.69 Å². The highest BCUT2D eigenvalue weighted by Gasteiger charge is 2.30. The zero-order chi connectivity index (χ0) is 14.9. The van der Waals surface area contributed by atoms with E-state index in [1.165, 1.54) is 18.3 Å². The normalized spacial score (nSPS) is 11.9. The van der Waals surface area contributed by atoms with Gasteiger partial charge in [-0.3, -0.25) is 4.79 Å². The predicted octanol–water partition coefficient (Wildman–Crippen LogP) is 3.37. The van der Waals surface area contributed by atoms with Crippen molar-refractivity contribution in [2.75, 3.05) is 0 Å². The number of hydrogen-bond acceptors (Lipinski definition) is 2. The van der Waals surface area contributed by atoms with E-state index in [1.807, 2.05) is 13.8 Å². The van der Waals surface area contributed by atoms with E-state index >= 15 is 0 Å². The van der Waals surface area contributed by atoms with Crippen molar-refractivity contribution < 1.29 is 13.2 Å². The van der Waals surface area contributed by atoms with Gasteiger partial charge in [0.05, 0.1) is 11.3 Å². The lowest BCUT2D eigenvalue weighted by Gasteiger charge is -2.10. The molecule has 1 heterocycles. The van der Waals surface area contributed by atoms with Crippen LogP contribution in [0.3, 0.4) is 0 Å². The van der Waals surface area contributed by atoms with Crippen molar-refractivity contribution in [1.82, 2.24) is 9.78 Å². The van der Waals surface area contributed by atoms with Crippen LogP contribution in [0, 0.1) is 0 Å². The van der Waals surface area contributed by atoms with Crippen LogP contribution in [0.2, 0.25) is 0 Å². The molecule has 0 radical (unpaired) electrons. The standard InChI is InChI=1S/C14H13F3N2O/c1-9(2)12-7-8-18-19(13(12)20)11-5-3-10(4-6-11)14(15,16)17/h3-9H,1-2H3. The van der Waals surface area contributed by atoms with Crippen LogP contribution in [0.5, 0.6) is 0 Å². The molecule has 0 aliphatic carbocycles. The van der Waals surface area contributed by atoms with Gasteiger partial charge in [-0.25, -0.2) is 0 Å². The lowest BCUT2D eigenvalue weighted by molar-refractivity contribution is -0.137. The van der Waals surface area contributed by atoms with Crippen molar-refractivity contribution in [3.63, 3.8) is 0 Å². The third kappa shape index (κ3) is 2.74. The Morgan fingerprint density at radius 2 is 1.70 bits per heavy atom. The maximum absolute atomic E-state index is 12.5. The van der Waals surface area contributed by atoms with Gasteiger partial charge in [-0.2, -0.15) is 23.0 Å². The predicted molar refractivity (Wildman–Crippen MR) is 68.9 cm³/mol. The fraction of sp³-hybridized carbons (Fsp3) is 0.286. The first kappa shape index (κ1) is 14.3. The molecule has 0 bridgehead atoms. The Hall–Kier alpha value is -2.11. The molecule has 0 unspecified atom stereocenters. The summed E-state index contributed by atoms with van der Waals surface area (Å²) in [6, 6.07) is 5.97. The third-order valence-electron chi connectivity index (χ3n) is 2.94. The first-order valence-corrected chi connectivity index (χ1v) is 6.06. The van der Waals surface area contributed by atoms with Crippen LogP contribution in [0.15, 0.2) is 41.3 Å². The molecule has 20 heavy (non-hydrogen) atoms. The smallest absolute Gasteiger partial charge is 0.267 e. The minimum absolute atomic E-state index is 0.0196. The lowest BCUT2D eigenvalue weighted by atomic mass is 10.1. The number of benzene rings is 1. The van der Waals surface area contributed by atoms with E-state index in [0.29, 0.717) is 11.3 Å². The highest BCUT2D eigenvalue weighted by atomic mass is 19.4. The highest BCUT2D eigenvalue weighted by Crippen LogP contribution is 2.29. The Bertz CT molecular complexity index is 657. The molecule has 3 nitrogen and oxygen atoms in total. The monoisotopic (exact) mass is 282 g/mol. The summed E-state index contributed by atoms with van der Waals surface area (Å²) in [7, 11) is 0. The van der Waals surface area contributed by atoms with Crippen LogP contribution in [0.1, 0.15) is 30.9 Å².